The highest BCUT2D eigenvalue weighted by Crippen LogP contribution is 2.62. The van der Waals surface area contributed by atoms with Crippen molar-refractivity contribution >= 4 is 23.4 Å². The zero-order chi connectivity index (χ0) is 44.3. The van der Waals surface area contributed by atoms with Gasteiger partial charge in [0.1, 0.15) is 30.0 Å². The second-order valence-electron chi connectivity index (χ2n) is 16.3. The number of nitro benzene ring substituents is 1. The van der Waals surface area contributed by atoms with Crippen LogP contribution in [0.15, 0.2) is 133 Å². The van der Waals surface area contributed by atoms with E-state index in [1.807, 2.05) is 30.3 Å². The molecule has 12 nitrogen and oxygen atoms in total. The molecule has 330 valence electrons. The highest BCUT2D eigenvalue weighted by molar-refractivity contribution is 6.03. The molecule has 2 aliphatic carbocycles. The van der Waals surface area contributed by atoms with Gasteiger partial charge in [-0.1, -0.05) is 72.6 Å². The smallest absolute Gasteiger partial charge is 0.269 e. The summed E-state index contributed by atoms with van der Waals surface area (Å²) in [5.74, 6) is -2.89. The third kappa shape index (κ3) is 10.2. The summed E-state index contributed by atoms with van der Waals surface area (Å²) in [6, 6.07) is 25.6. The number of ether oxygens (including phenoxy) is 2. The number of hydrogen-bond donors (Lipinski definition) is 3. The topological polar surface area (TPSA) is 164 Å². The second-order valence-corrected chi connectivity index (χ2v) is 16.3. The zero-order valence-electron chi connectivity index (χ0n) is 35.1. The molecule has 63 heavy (non-hydrogen) atoms. The summed E-state index contributed by atoms with van der Waals surface area (Å²) < 4.78 is 28.6. The molecule has 13 heteroatoms. The van der Waals surface area contributed by atoms with Gasteiger partial charge < -0.3 is 34.5 Å². The van der Waals surface area contributed by atoms with Crippen LogP contribution in [-0.4, -0.2) is 68.4 Å². The van der Waals surface area contributed by atoms with Crippen LogP contribution in [0.4, 0.5) is 10.1 Å². The Bertz CT molecular complexity index is 2300. The fourth-order valence-corrected chi connectivity index (χ4v) is 9.52. The molecule has 0 spiro atoms. The van der Waals surface area contributed by atoms with Crippen LogP contribution in [0.25, 0.3) is 6.08 Å². The largest absolute Gasteiger partial charge is 0.508 e. The number of carbonyl (C=O) groups is 1. The lowest BCUT2D eigenvalue weighted by Crippen LogP contribution is -2.70. The van der Waals surface area contributed by atoms with Crippen molar-refractivity contribution in [2.45, 2.75) is 75.8 Å². The van der Waals surface area contributed by atoms with Crippen molar-refractivity contribution in [1.82, 2.24) is 4.90 Å². The highest BCUT2D eigenvalue weighted by Gasteiger charge is 2.65. The summed E-state index contributed by atoms with van der Waals surface area (Å²) in [5.41, 5.74) is 4.24. The first-order chi connectivity index (χ1) is 30.6. The summed E-state index contributed by atoms with van der Waals surface area (Å²) >= 11 is 0. The van der Waals surface area contributed by atoms with E-state index in [1.54, 1.807) is 59.5 Å². The van der Waals surface area contributed by atoms with Crippen molar-refractivity contribution in [2.75, 3.05) is 19.8 Å². The molecule has 0 radical (unpaired) electrons. The number of phenols is 1. The van der Waals surface area contributed by atoms with Crippen LogP contribution in [0, 0.1) is 33.7 Å². The Morgan fingerprint density at radius 3 is 2.40 bits per heavy atom. The van der Waals surface area contributed by atoms with Crippen molar-refractivity contribution < 1.29 is 43.7 Å². The normalized spacial score (nSPS) is 23.0. The zero-order valence-corrected chi connectivity index (χ0v) is 35.1. The number of nitrogens with zero attached hydrogens (tertiary/aromatic N) is 3. The molecule has 1 heterocycles. The number of allylic oxidation sites excluding steroid dienone is 1. The van der Waals surface area contributed by atoms with Crippen LogP contribution in [0.2, 0.25) is 0 Å². The molecule has 3 N–H and O–H groups in total. The van der Waals surface area contributed by atoms with Crippen LogP contribution in [0.3, 0.4) is 0 Å². The number of oxime groups is 1. The lowest BCUT2D eigenvalue weighted by atomic mass is 9.55. The number of amides is 1. The Labute approximate surface area is 366 Å². The fraction of sp³-hybridized carbons (Fsp3) is 0.360. The molecule has 1 aliphatic heterocycles. The summed E-state index contributed by atoms with van der Waals surface area (Å²) in [5, 5.41) is 47.0. The SMILES string of the molecule is C=CCO[C@@]12Oc3ccc(O)cc3[C@H]3[C@H](CCCCO)[C@@H](CCCCO)C=C(C(=NOCc4ccccc4)C[C@@H]1N(Cc1ccc(F)cc1)C(=O)C=Cc1ccc([N+](=O)[O-])cc1)[C@H]32. The number of nitro groups is 1. The maximum atomic E-state index is 15.0. The van der Waals surface area contributed by atoms with Crippen molar-refractivity contribution in [3.8, 4) is 11.5 Å². The van der Waals surface area contributed by atoms with Crippen molar-refractivity contribution in [2.24, 2.45) is 22.9 Å². The molecule has 1 fully saturated rings. The molecular formula is C50H54FN3O9. The first-order valence-corrected chi connectivity index (χ1v) is 21.6. The summed E-state index contributed by atoms with van der Waals surface area (Å²) in [7, 11) is 0. The van der Waals surface area contributed by atoms with Crippen molar-refractivity contribution in [3.63, 3.8) is 0 Å². The average Bonchev–Trinajstić information content (AvgIpc) is 3.29. The Kier molecular flexibility index (Phi) is 14.8. The number of aromatic hydroxyl groups is 1. The van der Waals surface area contributed by atoms with Gasteiger partial charge in [0, 0.05) is 55.9 Å². The van der Waals surface area contributed by atoms with E-state index in [0.29, 0.717) is 35.4 Å². The standard InChI is InChI=1S/C50H54FN3O9/c1-2-28-61-50-46(53(32-35-14-19-38(51)20-15-35)47(58)25-18-34-16-21-39(22-17-34)54(59)60)31-44(52-62-33-36-10-4-3-5-11-36)42-29-37(12-6-8-26-55)41(13-7-9-27-56)48(49(42)50)43-30-40(57)23-24-45(43)63-50/h2-5,10-11,14-25,29-30,37,41,46,48-49,55-57H,1,6-9,12-13,26-28,31-33H2/t37-,41+,46-,48+,49+,50+/m0/s1. The number of hydrogen-bond acceptors (Lipinski definition) is 10. The Morgan fingerprint density at radius 1 is 0.968 bits per heavy atom. The quantitative estimate of drug-likeness (QED) is 0.0259. The second kappa shape index (κ2) is 20.8. The Balaban J connectivity index is 1.43. The molecule has 7 rings (SSSR count). The van der Waals surface area contributed by atoms with Gasteiger partial charge in [0.2, 0.25) is 11.7 Å². The summed E-state index contributed by atoms with van der Waals surface area (Å²) in [4.78, 5) is 33.7. The Hall–Kier alpha value is -6.15. The number of phenolic OH excluding ortho intramolecular Hbond substituents is 1. The lowest BCUT2D eigenvalue weighted by Gasteiger charge is -2.60. The van der Waals surface area contributed by atoms with Gasteiger partial charge in [0.15, 0.2) is 0 Å². The van der Waals surface area contributed by atoms with Crippen LogP contribution >= 0.6 is 0 Å². The predicted octanol–water partition coefficient (Wildman–Crippen LogP) is 9.02. The number of rotatable bonds is 20. The molecule has 6 atom stereocenters. The van der Waals surface area contributed by atoms with Crippen molar-refractivity contribution in [3.05, 3.63) is 166 Å². The van der Waals surface area contributed by atoms with E-state index < -0.39 is 34.4 Å². The van der Waals surface area contributed by atoms with Gasteiger partial charge in [0.05, 0.1) is 23.2 Å². The van der Waals surface area contributed by atoms with Crippen LogP contribution in [0.1, 0.15) is 73.1 Å². The van der Waals surface area contributed by atoms with E-state index in [1.165, 1.54) is 30.3 Å². The molecule has 1 amide bonds. The van der Waals surface area contributed by atoms with Gasteiger partial charge in [-0.25, -0.2) is 4.39 Å². The summed E-state index contributed by atoms with van der Waals surface area (Å²) in [6.07, 6.45) is 11.2. The van der Waals surface area contributed by atoms with E-state index in [4.69, 9.17) is 19.5 Å². The monoisotopic (exact) mass is 859 g/mol. The molecule has 4 aromatic carbocycles. The number of carbonyl (C=O) groups excluding carboxylic acids is 1. The average molecular weight is 860 g/mol. The maximum absolute atomic E-state index is 15.0. The van der Waals surface area contributed by atoms with E-state index in [0.717, 1.165) is 42.4 Å². The molecule has 4 aromatic rings. The minimum Gasteiger partial charge on any atom is -0.508 e. The third-order valence-corrected chi connectivity index (χ3v) is 12.4. The minimum absolute atomic E-state index is 0.00523. The number of benzene rings is 4. The van der Waals surface area contributed by atoms with Crippen LogP contribution in [-0.2, 0) is 27.5 Å². The third-order valence-electron chi connectivity index (χ3n) is 12.4. The molecule has 0 unspecified atom stereocenters. The van der Waals surface area contributed by atoms with Crippen LogP contribution < -0.4 is 4.74 Å². The maximum Gasteiger partial charge on any atom is 0.269 e. The van der Waals surface area contributed by atoms with E-state index >= 15 is 0 Å². The number of fused-ring (bicyclic) bond motifs is 2. The molecule has 0 bridgehead atoms. The molecule has 0 aromatic heterocycles. The van der Waals surface area contributed by atoms with Gasteiger partial charge in [-0.15, -0.1) is 6.58 Å². The van der Waals surface area contributed by atoms with Crippen molar-refractivity contribution in [1.29, 1.82) is 0 Å². The van der Waals surface area contributed by atoms with E-state index in [2.05, 4.69) is 12.7 Å². The molecule has 3 aliphatic rings. The first kappa shape index (κ1) is 44.9. The van der Waals surface area contributed by atoms with Gasteiger partial charge >= 0.3 is 0 Å². The highest BCUT2D eigenvalue weighted by atomic mass is 19.1. The number of halogens is 1. The fourth-order valence-electron chi connectivity index (χ4n) is 9.52. The number of aliphatic hydroxyl groups is 2. The number of unbranched alkanes of at least 4 members (excludes halogenated alkanes) is 2. The Morgan fingerprint density at radius 2 is 1.70 bits per heavy atom. The molecule has 1 saturated carbocycles. The molecular weight excluding hydrogens is 806 g/mol. The number of non-ortho nitro benzene ring substituents is 1. The number of aliphatic hydroxyl groups excluding tert-OH is 2. The van der Waals surface area contributed by atoms with Gasteiger partial charge in [-0.3, -0.25) is 14.9 Å². The van der Waals surface area contributed by atoms with E-state index in [9.17, 15) is 34.6 Å². The van der Waals surface area contributed by atoms with Gasteiger partial charge in [0.25, 0.3) is 5.69 Å². The summed E-state index contributed by atoms with van der Waals surface area (Å²) in [6.45, 7) is 4.32. The first-order valence-electron chi connectivity index (χ1n) is 21.6. The predicted molar refractivity (Wildman–Crippen MR) is 237 cm³/mol. The molecule has 0 saturated heterocycles. The lowest BCUT2D eigenvalue weighted by molar-refractivity contribution is -0.384. The van der Waals surface area contributed by atoms with Crippen LogP contribution in [0.5, 0.6) is 11.5 Å². The van der Waals surface area contributed by atoms with E-state index in [-0.39, 0.29) is 68.6 Å². The van der Waals surface area contributed by atoms with Gasteiger partial charge in [-0.2, -0.15) is 0 Å². The minimum atomic E-state index is -1.57. The van der Waals surface area contributed by atoms with Gasteiger partial charge in [-0.05, 0) is 108 Å².